The SMILES string of the molecule is Cc1nn(C)cc1-c1ccc(CN2Cc3ccccc3C2=O)c(F)c1.Cn1cc(-c2ccc(CN3Cc4cc(F)cc(F)c4C3=O)c(F)c2)cn1.Cn1cc(-c2ccc(CN3Cc4ccncc4C3=O)c(F)c2)cn1.Cn1cc2cc(-c3ccc(CN4Cc5ccccc5S4(=O)=O)c(F)c3)ccc2n1. The van der Waals surface area contributed by atoms with E-state index in [9.17, 15) is 49.1 Å². The highest BCUT2D eigenvalue weighted by atomic mass is 32.2. The first-order valence-corrected chi connectivity index (χ1v) is 34.4. The van der Waals surface area contributed by atoms with Gasteiger partial charge in [-0.3, -0.25) is 38.1 Å². The Kier molecular flexibility index (Phi) is 18.8. The molecule has 0 saturated carbocycles. The van der Waals surface area contributed by atoms with E-state index in [2.05, 4.69) is 25.4 Å². The third-order valence-corrected chi connectivity index (χ3v) is 20.5. The van der Waals surface area contributed by atoms with E-state index in [-0.39, 0.29) is 73.8 Å². The zero-order valence-electron chi connectivity index (χ0n) is 56.8. The van der Waals surface area contributed by atoms with Crippen molar-refractivity contribution in [2.45, 2.75) is 64.2 Å². The summed E-state index contributed by atoms with van der Waals surface area (Å²) in [4.78, 5) is 46.1. The Labute approximate surface area is 594 Å². The molecule has 0 radical (unpaired) electrons. The van der Waals surface area contributed by atoms with Crippen molar-refractivity contribution in [3.8, 4) is 44.5 Å². The van der Waals surface area contributed by atoms with Crippen LogP contribution >= 0.6 is 0 Å². The number of rotatable bonds is 12. The number of aryl methyl sites for hydroxylation is 5. The Morgan fingerprint density at radius 1 is 0.404 bits per heavy atom. The number of benzene rings is 8. The van der Waals surface area contributed by atoms with Gasteiger partial charge in [-0.15, -0.1) is 0 Å². The van der Waals surface area contributed by atoms with Crippen LogP contribution in [-0.2, 0) is 90.6 Å². The minimum atomic E-state index is -3.59. The van der Waals surface area contributed by atoms with Crippen molar-refractivity contribution in [2.75, 3.05) is 0 Å². The normalized spacial score (nSPS) is 14.0. The standard InChI is InChI=1S/C22H18FN3O2S.C20H18FN3O.C19H14F3N3O.C18H15FN4O/c1-25-12-19-10-15(8-9-21(19)24-25)16-6-7-17(20(23)11-16)13-26-14-18-4-2-3-5-22(18)29(26,27)28;1-13-18(12-23(2)22-13)14-7-8-16(19(21)9-14)11-24-10-15-5-3-4-6-17(15)20(24)25;1-24-8-14(7-23-24)11-2-3-12(16(21)5-11)9-25-10-13-4-15(20)6-17(22)18(13)19(25)26;1-22-9-15(7-21-22)12-2-3-14(17(19)6-12)11-23-10-13-4-5-20-8-16(13)18(23)24/h2-12H,13-14H2,1H3;3-9,12H,10-11H2,1-2H3;2-8H,9-10H2,1H3;2-9H,10-11H2,1H3. The summed E-state index contributed by atoms with van der Waals surface area (Å²) in [5, 5.41) is 17.8. The fraction of sp³-hybridized carbons (Fsp3) is 0.165. The van der Waals surface area contributed by atoms with Crippen molar-refractivity contribution in [1.29, 1.82) is 0 Å². The summed E-state index contributed by atoms with van der Waals surface area (Å²) in [6.45, 7) is 3.72. The van der Waals surface area contributed by atoms with E-state index in [1.165, 1.54) is 33.5 Å². The van der Waals surface area contributed by atoms with Gasteiger partial charge in [-0.2, -0.15) is 24.7 Å². The Bertz CT molecular complexity index is 5670. The number of nitrogens with zero attached hydrogens (tertiary/aromatic N) is 13. The predicted molar refractivity (Wildman–Crippen MR) is 377 cm³/mol. The van der Waals surface area contributed by atoms with Crippen LogP contribution in [0.2, 0.25) is 0 Å². The Morgan fingerprint density at radius 2 is 0.894 bits per heavy atom. The molecule has 18 nitrogen and oxygen atoms in total. The highest BCUT2D eigenvalue weighted by molar-refractivity contribution is 7.89. The topological polar surface area (TPSA) is 182 Å². The molecule has 25 heteroatoms. The van der Waals surface area contributed by atoms with E-state index in [0.29, 0.717) is 63.0 Å². The maximum absolute atomic E-state index is 14.8. The molecule has 9 heterocycles. The monoisotopic (exact) mass is 1420 g/mol. The summed E-state index contributed by atoms with van der Waals surface area (Å²) in [6, 6.07) is 43.8. The quantitative estimate of drug-likeness (QED) is 0.107. The van der Waals surface area contributed by atoms with Gasteiger partial charge in [-0.1, -0.05) is 91.0 Å². The van der Waals surface area contributed by atoms with E-state index in [4.69, 9.17) is 0 Å². The number of carbonyl (C=O) groups excluding carboxylic acids is 3. The lowest BCUT2D eigenvalue weighted by atomic mass is 10.0. The van der Waals surface area contributed by atoms with Crippen molar-refractivity contribution < 1.29 is 49.1 Å². The molecule has 0 aliphatic carbocycles. The van der Waals surface area contributed by atoms with Gasteiger partial charge in [-0.25, -0.2) is 34.8 Å². The molecule has 0 atom stereocenters. The van der Waals surface area contributed by atoms with Crippen molar-refractivity contribution in [3.05, 3.63) is 309 Å². The molecule has 524 valence electrons. The Hall–Kier alpha value is -12.1. The van der Waals surface area contributed by atoms with E-state index >= 15 is 0 Å². The summed E-state index contributed by atoms with van der Waals surface area (Å²) in [5.41, 5.74) is 14.0. The summed E-state index contributed by atoms with van der Waals surface area (Å²) < 4.78 is 119. The van der Waals surface area contributed by atoms with Crippen LogP contribution in [0.5, 0.6) is 0 Å². The van der Waals surface area contributed by atoms with E-state index < -0.39 is 39.2 Å². The van der Waals surface area contributed by atoms with Gasteiger partial charge in [0.25, 0.3) is 17.7 Å². The first kappa shape index (κ1) is 69.0. The third kappa shape index (κ3) is 14.2. The molecule has 0 fully saturated rings. The summed E-state index contributed by atoms with van der Waals surface area (Å²) in [5.74, 6) is -3.84. The number of pyridine rings is 1. The highest BCUT2D eigenvalue weighted by Gasteiger charge is 2.36. The first-order valence-electron chi connectivity index (χ1n) is 33.0. The minimum Gasteiger partial charge on any atom is -0.330 e. The molecule has 0 unspecified atom stereocenters. The van der Waals surface area contributed by atoms with E-state index in [1.54, 1.807) is 115 Å². The van der Waals surface area contributed by atoms with Gasteiger partial charge in [0.2, 0.25) is 10.0 Å². The first-order chi connectivity index (χ1) is 50.0. The fourth-order valence-corrected chi connectivity index (χ4v) is 14.9. The second-order valence-corrected chi connectivity index (χ2v) is 27.8. The molecule has 13 aromatic rings. The Balaban J connectivity index is 0.000000117. The van der Waals surface area contributed by atoms with Crippen molar-refractivity contribution in [2.24, 2.45) is 28.2 Å². The number of aromatic nitrogens is 9. The zero-order valence-corrected chi connectivity index (χ0v) is 57.6. The number of amides is 3. The predicted octanol–water partition coefficient (Wildman–Crippen LogP) is 14.2. The lowest BCUT2D eigenvalue weighted by Crippen LogP contribution is -2.24. The lowest BCUT2D eigenvalue weighted by molar-refractivity contribution is 0.0755. The van der Waals surface area contributed by atoms with Crippen LogP contribution in [0.4, 0.5) is 26.3 Å². The second kappa shape index (κ2) is 28.4. The van der Waals surface area contributed by atoms with Crippen LogP contribution in [-0.4, -0.2) is 89.3 Å². The number of hydrogen-bond acceptors (Lipinski definition) is 10. The van der Waals surface area contributed by atoms with Crippen LogP contribution in [0.3, 0.4) is 0 Å². The van der Waals surface area contributed by atoms with Gasteiger partial charge in [0.05, 0.1) is 39.6 Å². The average Bonchev–Trinajstić information content (AvgIpc) is 1.62. The minimum absolute atomic E-state index is 0.00473. The van der Waals surface area contributed by atoms with Gasteiger partial charge in [-0.05, 0) is 118 Å². The molecule has 0 bridgehead atoms. The van der Waals surface area contributed by atoms with Crippen LogP contribution in [0.15, 0.2) is 212 Å². The zero-order chi connectivity index (χ0) is 72.8. The molecule has 0 spiro atoms. The lowest BCUT2D eigenvalue weighted by Gasteiger charge is -2.16. The van der Waals surface area contributed by atoms with Crippen LogP contribution < -0.4 is 0 Å². The van der Waals surface area contributed by atoms with Crippen LogP contribution in [0.25, 0.3) is 55.4 Å². The molecule has 5 aromatic heterocycles. The smallest absolute Gasteiger partial charge is 0.257 e. The van der Waals surface area contributed by atoms with Gasteiger partial charge < -0.3 is 14.7 Å². The fourth-order valence-electron chi connectivity index (χ4n) is 13.3. The van der Waals surface area contributed by atoms with Crippen molar-refractivity contribution in [3.63, 3.8) is 0 Å². The number of halogens is 6. The number of carbonyl (C=O) groups is 3. The summed E-state index contributed by atoms with van der Waals surface area (Å²) in [6.07, 6.45) is 14.0. The largest absolute Gasteiger partial charge is 0.330 e. The summed E-state index contributed by atoms with van der Waals surface area (Å²) in [7, 11) is 3.71. The van der Waals surface area contributed by atoms with E-state index in [1.807, 2.05) is 119 Å². The molecule has 8 aromatic carbocycles. The number of sulfonamides is 1. The number of hydrogen-bond donors (Lipinski definition) is 0. The molecule has 0 N–H and O–H groups in total. The maximum Gasteiger partial charge on any atom is 0.257 e. The molecule has 4 aliphatic rings. The molecule has 3 amide bonds. The highest BCUT2D eigenvalue weighted by Crippen LogP contribution is 2.36. The van der Waals surface area contributed by atoms with Crippen LogP contribution in [0, 0.1) is 41.8 Å². The molecule has 104 heavy (non-hydrogen) atoms. The number of fused-ring (bicyclic) bond motifs is 5. The Morgan fingerprint density at radius 3 is 1.44 bits per heavy atom. The molecular weight excluding hydrogens is 1360 g/mol. The van der Waals surface area contributed by atoms with Crippen molar-refractivity contribution >= 4 is 38.6 Å². The van der Waals surface area contributed by atoms with Gasteiger partial charge in [0, 0.05) is 174 Å². The van der Waals surface area contributed by atoms with Crippen LogP contribution in [0.1, 0.15) is 81.3 Å². The maximum atomic E-state index is 14.8. The van der Waals surface area contributed by atoms with E-state index in [0.717, 1.165) is 78.3 Å². The molecular formula is C79H65F6N13O5S. The summed E-state index contributed by atoms with van der Waals surface area (Å²) >= 11 is 0. The second-order valence-electron chi connectivity index (χ2n) is 25.9. The molecule has 0 saturated heterocycles. The van der Waals surface area contributed by atoms with Gasteiger partial charge >= 0.3 is 0 Å². The molecule has 17 rings (SSSR count). The third-order valence-electron chi connectivity index (χ3n) is 18.6. The van der Waals surface area contributed by atoms with Gasteiger partial charge in [0.1, 0.15) is 34.9 Å². The van der Waals surface area contributed by atoms with Crippen molar-refractivity contribution in [1.82, 2.24) is 63.1 Å². The molecule has 4 aliphatic heterocycles. The average molecular weight is 1420 g/mol. The van der Waals surface area contributed by atoms with Gasteiger partial charge in [0.15, 0.2) is 0 Å².